The van der Waals surface area contributed by atoms with Crippen molar-refractivity contribution in [2.75, 3.05) is 7.11 Å². The maximum absolute atomic E-state index is 5.95. The molecule has 154 valence electrons. The van der Waals surface area contributed by atoms with E-state index in [1.54, 1.807) is 13.3 Å². The number of nitrogens with zero attached hydrogens (tertiary/aromatic N) is 2. The Kier molecular flexibility index (Phi) is 7.92. The van der Waals surface area contributed by atoms with E-state index in [-0.39, 0.29) is 0 Å². The van der Waals surface area contributed by atoms with E-state index >= 15 is 0 Å². The molecule has 0 unspecified atom stereocenters. The fourth-order valence-electron chi connectivity index (χ4n) is 2.72. The van der Waals surface area contributed by atoms with Crippen molar-refractivity contribution in [2.45, 2.75) is 19.3 Å². The lowest BCUT2D eigenvalue weighted by atomic mass is 10.1. The summed E-state index contributed by atoms with van der Waals surface area (Å²) < 4.78 is 11.4. The smallest absolute Gasteiger partial charge is 0.180 e. The van der Waals surface area contributed by atoms with E-state index in [0.717, 1.165) is 16.9 Å². The zero-order valence-electron chi connectivity index (χ0n) is 17.1. The van der Waals surface area contributed by atoms with Gasteiger partial charge in [-0.3, -0.25) is 0 Å². The summed E-state index contributed by atoms with van der Waals surface area (Å²) in [5, 5.41) is 8.55. The summed E-state index contributed by atoms with van der Waals surface area (Å²) in [5.74, 6) is 2.08. The number of thioether (sulfide) groups is 1. The van der Waals surface area contributed by atoms with Gasteiger partial charge in [-0.1, -0.05) is 66.4 Å². The number of rotatable bonds is 8. The molecule has 0 saturated heterocycles. The molecule has 0 aromatic heterocycles. The van der Waals surface area contributed by atoms with Gasteiger partial charge in [0.2, 0.25) is 0 Å². The zero-order valence-corrected chi connectivity index (χ0v) is 17.9. The predicted octanol–water partition coefficient (Wildman–Crippen LogP) is 5.16. The normalized spacial score (nSPS) is 11.6. The van der Waals surface area contributed by atoms with E-state index in [2.05, 4.69) is 41.4 Å². The van der Waals surface area contributed by atoms with Gasteiger partial charge in [0, 0.05) is 5.75 Å². The van der Waals surface area contributed by atoms with E-state index in [1.807, 2.05) is 48.5 Å². The van der Waals surface area contributed by atoms with Crippen molar-refractivity contribution in [2.24, 2.45) is 15.9 Å². The fraction of sp³-hybridized carbons (Fsp3) is 0.167. The first kappa shape index (κ1) is 21.5. The Morgan fingerprint density at radius 3 is 2.53 bits per heavy atom. The molecular weight excluding hydrogens is 394 g/mol. The molecule has 0 atom stereocenters. The van der Waals surface area contributed by atoms with Crippen molar-refractivity contribution in [1.82, 2.24) is 0 Å². The lowest BCUT2D eigenvalue weighted by Crippen LogP contribution is -2.06. The molecule has 0 aliphatic rings. The number of nitrogens with two attached hydrogens (primary N) is 1. The van der Waals surface area contributed by atoms with Crippen molar-refractivity contribution < 1.29 is 9.47 Å². The Morgan fingerprint density at radius 1 is 1.00 bits per heavy atom. The quantitative estimate of drug-likeness (QED) is 0.311. The van der Waals surface area contributed by atoms with Crippen LogP contribution in [0.25, 0.3) is 0 Å². The first-order valence-corrected chi connectivity index (χ1v) is 10.5. The Hall–Kier alpha value is -3.25. The Balaban J connectivity index is 1.59. The van der Waals surface area contributed by atoms with Gasteiger partial charge >= 0.3 is 0 Å². The van der Waals surface area contributed by atoms with Crippen molar-refractivity contribution in [3.8, 4) is 11.5 Å². The summed E-state index contributed by atoms with van der Waals surface area (Å²) in [5.41, 5.74) is 10.3. The van der Waals surface area contributed by atoms with Crippen molar-refractivity contribution in [3.05, 3.63) is 95.1 Å². The fourth-order valence-corrected chi connectivity index (χ4v) is 3.34. The topological polar surface area (TPSA) is 69.2 Å². The number of ether oxygens (including phenoxy) is 2. The van der Waals surface area contributed by atoms with Crippen LogP contribution in [-0.4, -0.2) is 18.5 Å². The monoisotopic (exact) mass is 419 g/mol. The van der Waals surface area contributed by atoms with Crippen LogP contribution in [0.15, 0.2) is 83.0 Å². The van der Waals surface area contributed by atoms with E-state index in [1.165, 1.54) is 22.9 Å². The maximum atomic E-state index is 5.95. The highest BCUT2D eigenvalue weighted by Crippen LogP contribution is 2.28. The molecule has 3 aromatic rings. The van der Waals surface area contributed by atoms with Gasteiger partial charge in [0.25, 0.3) is 0 Å². The molecule has 0 amide bonds. The van der Waals surface area contributed by atoms with Gasteiger partial charge in [-0.15, -0.1) is 5.10 Å². The molecule has 3 aromatic carbocycles. The zero-order chi connectivity index (χ0) is 21.2. The standard InChI is InChI=1S/C24H25N3O2S/c1-18-8-6-7-11-21(18)16-29-22-13-12-20(14-23(22)28-2)15-26-27-24(25)30-17-19-9-4-3-5-10-19/h3-15H,16-17H2,1-2H3,(H2,25,27). The third-order valence-electron chi connectivity index (χ3n) is 4.42. The second kappa shape index (κ2) is 11.1. The largest absolute Gasteiger partial charge is 0.493 e. The number of benzene rings is 3. The molecule has 6 heteroatoms. The van der Waals surface area contributed by atoms with Crippen LogP contribution in [0.2, 0.25) is 0 Å². The van der Waals surface area contributed by atoms with Crippen molar-refractivity contribution >= 4 is 23.1 Å². The first-order chi connectivity index (χ1) is 14.7. The van der Waals surface area contributed by atoms with Gasteiger partial charge in [0.15, 0.2) is 16.7 Å². The molecule has 0 fully saturated rings. The minimum atomic E-state index is 0.417. The number of amidine groups is 1. The maximum Gasteiger partial charge on any atom is 0.180 e. The van der Waals surface area contributed by atoms with E-state index in [9.17, 15) is 0 Å². The van der Waals surface area contributed by atoms with E-state index in [0.29, 0.717) is 23.3 Å². The lowest BCUT2D eigenvalue weighted by molar-refractivity contribution is 0.284. The average molecular weight is 420 g/mol. The summed E-state index contributed by atoms with van der Waals surface area (Å²) in [6, 6.07) is 23.9. The summed E-state index contributed by atoms with van der Waals surface area (Å²) in [6.07, 6.45) is 1.64. The average Bonchev–Trinajstić information content (AvgIpc) is 2.78. The number of hydrogen-bond donors (Lipinski definition) is 1. The predicted molar refractivity (Wildman–Crippen MR) is 125 cm³/mol. The van der Waals surface area contributed by atoms with Crippen LogP contribution in [0.5, 0.6) is 11.5 Å². The molecule has 5 nitrogen and oxygen atoms in total. The molecule has 0 heterocycles. The second-order valence-electron chi connectivity index (χ2n) is 6.58. The van der Waals surface area contributed by atoms with Crippen LogP contribution >= 0.6 is 11.8 Å². The van der Waals surface area contributed by atoms with Gasteiger partial charge in [-0.2, -0.15) is 5.10 Å². The van der Waals surface area contributed by atoms with Crippen LogP contribution < -0.4 is 15.2 Å². The number of aryl methyl sites for hydroxylation is 1. The molecule has 0 aliphatic carbocycles. The van der Waals surface area contributed by atoms with Crippen LogP contribution in [-0.2, 0) is 12.4 Å². The van der Waals surface area contributed by atoms with Gasteiger partial charge in [-0.25, -0.2) is 0 Å². The third-order valence-corrected chi connectivity index (χ3v) is 5.28. The molecule has 3 rings (SSSR count). The van der Waals surface area contributed by atoms with Crippen LogP contribution in [0.3, 0.4) is 0 Å². The highest BCUT2D eigenvalue weighted by molar-refractivity contribution is 8.13. The van der Waals surface area contributed by atoms with Gasteiger partial charge in [0.1, 0.15) is 6.61 Å². The molecule has 0 aliphatic heterocycles. The van der Waals surface area contributed by atoms with Crippen LogP contribution in [0.1, 0.15) is 22.3 Å². The molecule has 30 heavy (non-hydrogen) atoms. The molecule has 2 N–H and O–H groups in total. The molecule has 0 bridgehead atoms. The summed E-state index contributed by atoms with van der Waals surface area (Å²) >= 11 is 1.45. The van der Waals surface area contributed by atoms with Crippen LogP contribution in [0.4, 0.5) is 0 Å². The van der Waals surface area contributed by atoms with E-state index < -0.39 is 0 Å². The summed E-state index contributed by atoms with van der Waals surface area (Å²) in [4.78, 5) is 0. The third kappa shape index (κ3) is 6.39. The Morgan fingerprint density at radius 2 is 1.77 bits per heavy atom. The number of hydrogen-bond acceptors (Lipinski definition) is 5. The minimum Gasteiger partial charge on any atom is -0.493 e. The minimum absolute atomic E-state index is 0.417. The summed E-state index contributed by atoms with van der Waals surface area (Å²) in [6.45, 7) is 2.55. The van der Waals surface area contributed by atoms with Crippen molar-refractivity contribution in [3.63, 3.8) is 0 Å². The lowest BCUT2D eigenvalue weighted by Gasteiger charge is -2.12. The van der Waals surface area contributed by atoms with E-state index in [4.69, 9.17) is 15.2 Å². The van der Waals surface area contributed by atoms with Crippen molar-refractivity contribution in [1.29, 1.82) is 0 Å². The summed E-state index contributed by atoms with van der Waals surface area (Å²) in [7, 11) is 1.62. The SMILES string of the molecule is COc1cc(C=NN=C(N)SCc2ccccc2)ccc1OCc1ccccc1C. The number of methoxy groups -OCH3 is 1. The van der Waals surface area contributed by atoms with Gasteiger partial charge in [-0.05, 0) is 47.4 Å². The Labute approximate surface area is 181 Å². The highest BCUT2D eigenvalue weighted by Gasteiger charge is 2.06. The Bertz CT molecular complexity index is 1020. The molecule has 0 saturated carbocycles. The van der Waals surface area contributed by atoms with Gasteiger partial charge < -0.3 is 15.2 Å². The van der Waals surface area contributed by atoms with Crippen LogP contribution in [0, 0.1) is 6.92 Å². The second-order valence-corrected chi connectivity index (χ2v) is 7.58. The van der Waals surface area contributed by atoms with Gasteiger partial charge in [0.05, 0.1) is 13.3 Å². The molecule has 0 spiro atoms. The first-order valence-electron chi connectivity index (χ1n) is 9.54. The molecular formula is C24H25N3O2S. The highest BCUT2D eigenvalue weighted by atomic mass is 32.2. The molecule has 0 radical (unpaired) electrons.